The van der Waals surface area contributed by atoms with E-state index in [1.165, 1.54) is 6.42 Å². The summed E-state index contributed by atoms with van der Waals surface area (Å²) in [4.78, 5) is 33.0. The Kier molecular flexibility index (Phi) is 8.16. The molecular weight excluding hydrogens is 490 g/mol. The van der Waals surface area contributed by atoms with E-state index < -0.39 is 0 Å². The molecule has 2 fully saturated rings. The number of hydrogen-bond donors (Lipinski definition) is 2. The number of piperazine rings is 1. The van der Waals surface area contributed by atoms with Gasteiger partial charge in [0.2, 0.25) is 5.91 Å². The summed E-state index contributed by atoms with van der Waals surface area (Å²) in [5.41, 5.74) is 3.22. The number of anilines is 3. The molecule has 2 N–H and O–H groups in total. The van der Waals surface area contributed by atoms with Crippen LogP contribution in [0.15, 0.2) is 30.5 Å². The average Bonchev–Trinajstić information content (AvgIpc) is 3.18. The van der Waals surface area contributed by atoms with Gasteiger partial charge in [-0.3, -0.25) is 14.4 Å². The highest BCUT2D eigenvalue weighted by Crippen LogP contribution is 2.38. The SMILES string of the molecule is Cn1ncc2c1Nc1ccccc1N(C(=O)C1CCC(CNC(=O)N3CCN(CCC(C)(C)C)CC3)CC1)C2. The highest BCUT2D eigenvalue weighted by Gasteiger charge is 2.33. The zero-order valence-electron chi connectivity index (χ0n) is 24.1. The average molecular weight is 536 g/mol. The summed E-state index contributed by atoms with van der Waals surface area (Å²) in [5, 5.41) is 11.1. The van der Waals surface area contributed by atoms with Crippen molar-refractivity contribution in [2.45, 2.75) is 59.4 Å². The number of hydrogen-bond acceptors (Lipinski definition) is 5. The summed E-state index contributed by atoms with van der Waals surface area (Å²) < 4.78 is 1.83. The number of aryl methyl sites for hydroxylation is 1. The minimum Gasteiger partial charge on any atom is -0.338 e. The Hall–Kier alpha value is -3.07. The number of carbonyl (C=O) groups is 2. The molecule has 2 aromatic rings. The monoisotopic (exact) mass is 535 g/mol. The minimum absolute atomic E-state index is 0.00408. The molecule has 0 unspecified atom stereocenters. The molecule has 0 atom stereocenters. The number of aromatic nitrogens is 2. The van der Waals surface area contributed by atoms with Crippen LogP contribution in [0.3, 0.4) is 0 Å². The molecule has 212 valence electrons. The van der Waals surface area contributed by atoms with Crippen molar-refractivity contribution in [3.8, 4) is 0 Å². The van der Waals surface area contributed by atoms with Crippen molar-refractivity contribution >= 4 is 29.1 Å². The van der Waals surface area contributed by atoms with Gasteiger partial charge in [-0.05, 0) is 62.1 Å². The number of amides is 3. The third-order valence-corrected chi connectivity index (χ3v) is 8.63. The number of nitrogens with zero attached hydrogens (tertiary/aromatic N) is 5. The first-order chi connectivity index (χ1) is 18.7. The molecule has 9 nitrogen and oxygen atoms in total. The molecule has 1 aromatic carbocycles. The molecule has 0 radical (unpaired) electrons. The second kappa shape index (κ2) is 11.6. The van der Waals surface area contributed by atoms with E-state index in [0.717, 1.165) is 81.2 Å². The Morgan fingerprint density at radius 1 is 1.05 bits per heavy atom. The van der Waals surface area contributed by atoms with E-state index in [4.69, 9.17) is 0 Å². The fourth-order valence-electron chi connectivity index (χ4n) is 6.00. The topological polar surface area (TPSA) is 85.7 Å². The van der Waals surface area contributed by atoms with Gasteiger partial charge in [0.05, 0.1) is 24.1 Å². The molecular formula is C30H45N7O2. The third kappa shape index (κ3) is 6.57. The van der Waals surface area contributed by atoms with Gasteiger partial charge in [0.15, 0.2) is 0 Å². The van der Waals surface area contributed by atoms with Crippen LogP contribution in [0.25, 0.3) is 0 Å². The first-order valence-corrected chi connectivity index (χ1v) is 14.6. The summed E-state index contributed by atoms with van der Waals surface area (Å²) >= 11 is 0. The lowest BCUT2D eigenvalue weighted by molar-refractivity contribution is -0.123. The van der Waals surface area contributed by atoms with Crippen molar-refractivity contribution in [2.24, 2.45) is 24.3 Å². The quantitative estimate of drug-likeness (QED) is 0.586. The molecule has 1 saturated carbocycles. The Labute approximate surface area is 232 Å². The van der Waals surface area contributed by atoms with Gasteiger partial charge in [0, 0.05) is 51.3 Å². The van der Waals surface area contributed by atoms with Crippen LogP contribution in [0.5, 0.6) is 0 Å². The van der Waals surface area contributed by atoms with Crippen LogP contribution in [0.1, 0.15) is 58.4 Å². The maximum atomic E-state index is 13.8. The van der Waals surface area contributed by atoms with Crippen LogP contribution < -0.4 is 15.5 Å². The van der Waals surface area contributed by atoms with Crippen molar-refractivity contribution in [2.75, 3.05) is 49.5 Å². The van der Waals surface area contributed by atoms with E-state index in [0.29, 0.717) is 24.4 Å². The lowest BCUT2D eigenvalue weighted by atomic mass is 9.81. The highest BCUT2D eigenvalue weighted by atomic mass is 16.2. The summed E-state index contributed by atoms with van der Waals surface area (Å²) in [5.74, 6) is 1.55. The zero-order valence-corrected chi connectivity index (χ0v) is 24.1. The first-order valence-electron chi connectivity index (χ1n) is 14.6. The van der Waals surface area contributed by atoms with Gasteiger partial charge in [-0.25, -0.2) is 4.79 Å². The second-order valence-electron chi connectivity index (χ2n) is 12.8. The molecule has 2 aliphatic heterocycles. The normalized spacial score (nSPS) is 21.9. The van der Waals surface area contributed by atoms with Gasteiger partial charge in [0.1, 0.15) is 5.82 Å². The van der Waals surface area contributed by atoms with Crippen molar-refractivity contribution in [3.05, 3.63) is 36.0 Å². The molecule has 0 bridgehead atoms. The van der Waals surface area contributed by atoms with Crippen molar-refractivity contribution in [1.29, 1.82) is 0 Å². The lowest BCUT2D eigenvalue weighted by Crippen LogP contribution is -2.52. The first kappa shape index (κ1) is 27.5. The Balaban J connectivity index is 1.09. The van der Waals surface area contributed by atoms with Gasteiger partial charge in [-0.2, -0.15) is 5.10 Å². The van der Waals surface area contributed by atoms with Crippen LogP contribution in [0.4, 0.5) is 22.0 Å². The van der Waals surface area contributed by atoms with E-state index >= 15 is 0 Å². The predicted octanol–water partition coefficient (Wildman–Crippen LogP) is 4.58. The fraction of sp³-hybridized carbons (Fsp3) is 0.633. The lowest BCUT2D eigenvalue weighted by Gasteiger charge is -2.36. The van der Waals surface area contributed by atoms with Crippen molar-refractivity contribution in [3.63, 3.8) is 0 Å². The smallest absolute Gasteiger partial charge is 0.317 e. The Morgan fingerprint density at radius 3 is 2.49 bits per heavy atom. The second-order valence-corrected chi connectivity index (χ2v) is 12.8. The number of urea groups is 1. The number of benzene rings is 1. The van der Waals surface area contributed by atoms with E-state index in [-0.39, 0.29) is 17.9 Å². The van der Waals surface area contributed by atoms with E-state index in [1.54, 1.807) is 0 Å². The molecule has 9 heteroatoms. The largest absolute Gasteiger partial charge is 0.338 e. The highest BCUT2D eigenvalue weighted by molar-refractivity contribution is 5.99. The number of rotatable bonds is 5. The molecule has 5 rings (SSSR count). The summed E-state index contributed by atoms with van der Waals surface area (Å²) in [7, 11) is 1.92. The van der Waals surface area contributed by atoms with Gasteiger partial charge in [-0.1, -0.05) is 32.9 Å². The number of carbonyl (C=O) groups excluding carboxylic acids is 2. The van der Waals surface area contributed by atoms with E-state index in [2.05, 4.69) is 41.4 Å². The van der Waals surface area contributed by atoms with Gasteiger partial charge in [0.25, 0.3) is 0 Å². The Bertz CT molecular complexity index is 1150. The van der Waals surface area contributed by atoms with Crippen LogP contribution in [-0.4, -0.2) is 70.8 Å². The maximum absolute atomic E-state index is 13.8. The molecule has 1 aliphatic carbocycles. The van der Waals surface area contributed by atoms with E-state index in [9.17, 15) is 9.59 Å². The molecule has 1 saturated heterocycles. The number of nitrogens with one attached hydrogen (secondary N) is 2. The van der Waals surface area contributed by atoms with Gasteiger partial charge < -0.3 is 20.4 Å². The maximum Gasteiger partial charge on any atom is 0.317 e. The summed E-state index contributed by atoms with van der Waals surface area (Å²) in [6, 6.07) is 8.07. The van der Waals surface area contributed by atoms with E-state index in [1.807, 2.05) is 52.0 Å². The molecule has 3 amide bonds. The predicted molar refractivity (Wildman–Crippen MR) is 155 cm³/mol. The number of fused-ring (bicyclic) bond motifs is 2. The van der Waals surface area contributed by atoms with Crippen molar-refractivity contribution < 1.29 is 9.59 Å². The molecule has 39 heavy (non-hydrogen) atoms. The summed E-state index contributed by atoms with van der Waals surface area (Å²) in [6.45, 7) is 12.6. The number of para-hydroxylation sites is 2. The standard InChI is InChI=1S/C30H45N7O2/c1-30(2,3)13-14-35-15-17-36(18-16-35)29(39)31-19-22-9-11-23(12-10-22)28(38)37-21-24-20-32-34(4)27(24)33-25-7-5-6-8-26(25)37/h5-8,20,22-23,33H,9-19,21H2,1-4H3,(H,31,39). The zero-order chi connectivity index (χ0) is 27.6. The molecule has 3 aliphatic rings. The van der Waals surface area contributed by atoms with Crippen LogP contribution in [-0.2, 0) is 18.4 Å². The van der Waals surface area contributed by atoms with Gasteiger partial charge in [-0.15, -0.1) is 0 Å². The minimum atomic E-state index is 0.00408. The third-order valence-electron chi connectivity index (χ3n) is 8.63. The van der Waals surface area contributed by atoms with Crippen LogP contribution in [0.2, 0.25) is 0 Å². The van der Waals surface area contributed by atoms with Crippen molar-refractivity contribution in [1.82, 2.24) is 24.9 Å². The Morgan fingerprint density at radius 2 is 1.77 bits per heavy atom. The van der Waals surface area contributed by atoms with Gasteiger partial charge >= 0.3 is 6.03 Å². The summed E-state index contributed by atoms with van der Waals surface area (Å²) in [6.07, 6.45) is 6.66. The molecule has 3 heterocycles. The van der Waals surface area contributed by atoms with Crippen LogP contribution >= 0.6 is 0 Å². The van der Waals surface area contributed by atoms with Crippen LogP contribution in [0, 0.1) is 17.3 Å². The fourth-order valence-corrected chi connectivity index (χ4v) is 6.00. The molecule has 0 spiro atoms. The molecule has 1 aromatic heterocycles.